The molecule has 1 fully saturated rings. The molecule has 140 valence electrons. The summed E-state index contributed by atoms with van der Waals surface area (Å²) < 4.78 is 44.3. The van der Waals surface area contributed by atoms with E-state index in [2.05, 4.69) is 12.2 Å². The van der Waals surface area contributed by atoms with Crippen LogP contribution in [0.5, 0.6) is 0 Å². The Kier molecular flexibility index (Phi) is 7.07. The Hall–Kier alpha value is -1.80. The molecule has 5 nitrogen and oxygen atoms in total. The van der Waals surface area contributed by atoms with Crippen LogP contribution in [0, 0.1) is 0 Å². The van der Waals surface area contributed by atoms with E-state index in [-0.39, 0.29) is 18.1 Å². The maximum atomic E-state index is 13.0. The van der Waals surface area contributed by atoms with Gasteiger partial charge >= 0.3 is 6.18 Å². The first-order chi connectivity index (χ1) is 11.9. The van der Waals surface area contributed by atoms with Crippen LogP contribution in [0.25, 0.3) is 0 Å². The summed E-state index contributed by atoms with van der Waals surface area (Å²) in [4.78, 5) is 14.0. The number of ether oxygens (including phenoxy) is 1. The molecule has 0 spiro atoms. The van der Waals surface area contributed by atoms with E-state index in [4.69, 9.17) is 4.74 Å². The molecule has 0 aromatic heterocycles. The predicted octanol–water partition coefficient (Wildman–Crippen LogP) is 1.84. The van der Waals surface area contributed by atoms with Crippen LogP contribution < -0.4 is 15.5 Å². The monoisotopic (exact) mass is 360 g/mol. The summed E-state index contributed by atoms with van der Waals surface area (Å²) in [5.74, 6) is -0.301. The number of benzene rings is 1. The van der Waals surface area contributed by atoms with Crippen molar-refractivity contribution in [2.45, 2.75) is 25.9 Å². The molecular formula is C17H25F3N3O2+. The van der Waals surface area contributed by atoms with E-state index < -0.39 is 11.7 Å². The van der Waals surface area contributed by atoms with E-state index in [1.807, 2.05) is 10.2 Å². The lowest BCUT2D eigenvalue weighted by Gasteiger charge is -2.31. The third-order valence-electron chi connectivity index (χ3n) is 4.04. The fourth-order valence-corrected chi connectivity index (χ4v) is 2.68. The largest absolute Gasteiger partial charge is 0.416 e. The average molecular weight is 360 g/mol. The zero-order valence-corrected chi connectivity index (χ0v) is 14.4. The van der Waals surface area contributed by atoms with Gasteiger partial charge in [0.15, 0.2) is 6.54 Å². The molecule has 0 bridgehead atoms. The van der Waals surface area contributed by atoms with Crippen LogP contribution >= 0.6 is 0 Å². The highest BCUT2D eigenvalue weighted by atomic mass is 19.4. The van der Waals surface area contributed by atoms with E-state index >= 15 is 0 Å². The van der Waals surface area contributed by atoms with Crippen LogP contribution in [0.1, 0.15) is 25.3 Å². The molecule has 1 aromatic carbocycles. The summed E-state index contributed by atoms with van der Waals surface area (Å²) >= 11 is 0. The molecule has 0 saturated carbocycles. The van der Waals surface area contributed by atoms with Gasteiger partial charge in [-0.15, -0.1) is 0 Å². The molecule has 8 heteroatoms. The number of rotatable bonds is 7. The molecule has 1 aliphatic rings. The second-order valence-corrected chi connectivity index (χ2v) is 6.01. The third-order valence-corrected chi connectivity index (χ3v) is 4.04. The number of unbranched alkanes of at least 4 members (excludes halogenated alkanes) is 1. The van der Waals surface area contributed by atoms with Crippen molar-refractivity contribution in [3.05, 3.63) is 23.8 Å². The van der Waals surface area contributed by atoms with Gasteiger partial charge in [0.1, 0.15) is 0 Å². The molecule has 0 atom stereocenters. The zero-order chi connectivity index (χ0) is 18.3. The highest BCUT2D eigenvalue weighted by molar-refractivity contribution is 5.95. The normalized spacial score (nSPS) is 15.3. The van der Waals surface area contributed by atoms with Gasteiger partial charge in [-0.1, -0.05) is 13.3 Å². The lowest BCUT2D eigenvalue weighted by atomic mass is 10.1. The average Bonchev–Trinajstić information content (AvgIpc) is 2.59. The Morgan fingerprint density at radius 1 is 1.32 bits per heavy atom. The molecule has 1 amide bonds. The van der Waals surface area contributed by atoms with Crippen molar-refractivity contribution >= 4 is 17.3 Å². The number of nitrogens with one attached hydrogen (secondary N) is 1. The minimum absolute atomic E-state index is 0.193. The van der Waals surface area contributed by atoms with E-state index in [9.17, 15) is 18.0 Å². The lowest BCUT2D eigenvalue weighted by Crippen LogP contribution is -2.86. The third kappa shape index (κ3) is 5.89. The number of alkyl halides is 3. The van der Waals surface area contributed by atoms with Gasteiger partial charge in [0.2, 0.25) is 0 Å². The van der Waals surface area contributed by atoms with Crippen molar-refractivity contribution < 1.29 is 28.0 Å². The van der Waals surface area contributed by atoms with Crippen LogP contribution in [0.2, 0.25) is 0 Å². The topological polar surface area (TPSA) is 58.2 Å². The van der Waals surface area contributed by atoms with E-state index in [0.29, 0.717) is 32.0 Å². The Balaban J connectivity index is 2.14. The number of carbonyl (C=O) groups excluding carboxylic acids is 1. The Labute approximate surface area is 145 Å². The van der Waals surface area contributed by atoms with Gasteiger partial charge in [-0.05, 0) is 24.6 Å². The molecule has 0 aliphatic carbocycles. The highest BCUT2D eigenvalue weighted by Crippen LogP contribution is 2.35. The van der Waals surface area contributed by atoms with Gasteiger partial charge < -0.3 is 20.3 Å². The number of hydrogen-bond donors (Lipinski definition) is 2. The fourth-order valence-electron chi connectivity index (χ4n) is 2.68. The number of nitrogens with zero attached hydrogens (tertiary/aromatic N) is 1. The van der Waals surface area contributed by atoms with E-state index in [1.54, 1.807) is 0 Å². The number of carbonyl (C=O) groups is 1. The maximum absolute atomic E-state index is 13.0. The van der Waals surface area contributed by atoms with E-state index in [0.717, 1.165) is 31.5 Å². The SMILES string of the molecule is CCCC[NH2+]CC(=O)Nc1cc(C(F)(F)F)ccc1N1CCOCC1. The van der Waals surface area contributed by atoms with Crippen molar-refractivity contribution in [3.63, 3.8) is 0 Å². The van der Waals surface area contributed by atoms with Crippen molar-refractivity contribution in [2.75, 3.05) is 49.6 Å². The summed E-state index contributed by atoms with van der Waals surface area (Å²) in [6.45, 7) is 5.26. The number of halogens is 3. The van der Waals surface area contributed by atoms with Crippen LogP contribution in [0.4, 0.5) is 24.5 Å². The minimum Gasteiger partial charge on any atom is -0.378 e. The smallest absolute Gasteiger partial charge is 0.378 e. The molecule has 3 N–H and O–H groups in total. The standard InChI is InChI=1S/C17H24F3N3O2/c1-2-3-6-21-12-16(24)22-14-11-13(17(18,19)20)4-5-15(14)23-7-9-25-10-8-23/h4-5,11,21H,2-3,6-10,12H2,1H3,(H,22,24)/p+1. The first kappa shape index (κ1) is 19.5. The Morgan fingerprint density at radius 3 is 2.68 bits per heavy atom. The molecule has 2 rings (SSSR count). The molecule has 0 unspecified atom stereocenters. The van der Waals surface area contributed by atoms with Crippen molar-refractivity contribution in [3.8, 4) is 0 Å². The number of anilines is 2. The van der Waals surface area contributed by atoms with Crippen molar-refractivity contribution in [1.29, 1.82) is 0 Å². The zero-order valence-electron chi connectivity index (χ0n) is 14.4. The highest BCUT2D eigenvalue weighted by Gasteiger charge is 2.32. The summed E-state index contributed by atoms with van der Waals surface area (Å²) in [5.41, 5.74) is 0.0265. The van der Waals surface area contributed by atoms with Gasteiger partial charge in [-0.25, -0.2) is 0 Å². The number of quaternary nitrogens is 1. The van der Waals surface area contributed by atoms with Crippen LogP contribution in [-0.2, 0) is 15.7 Å². The quantitative estimate of drug-likeness (QED) is 0.730. The Bertz CT molecular complexity index is 573. The van der Waals surface area contributed by atoms with E-state index in [1.165, 1.54) is 6.07 Å². The number of hydrogen-bond acceptors (Lipinski definition) is 3. The maximum Gasteiger partial charge on any atom is 0.416 e. The van der Waals surface area contributed by atoms with Crippen molar-refractivity contribution in [2.24, 2.45) is 0 Å². The van der Waals surface area contributed by atoms with Gasteiger partial charge in [0.25, 0.3) is 5.91 Å². The van der Waals surface area contributed by atoms with Gasteiger partial charge in [-0.3, -0.25) is 4.79 Å². The van der Waals surface area contributed by atoms with Crippen LogP contribution in [0.15, 0.2) is 18.2 Å². The first-order valence-corrected chi connectivity index (χ1v) is 8.57. The minimum atomic E-state index is -4.45. The van der Waals surface area contributed by atoms with Gasteiger partial charge in [0, 0.05) is 13.1 Å². The molecule has 0 radical (unpaired) electrons. The fraction of sp³-hybridized carbons (Fsp3) is 0.588. The van der Waals surface area contributed by atoms with Crippen molar-refractivity contribution in [1.82, 2.24) is 0 Å². The molecule has 1 aliphatic heterocycles. The summed E-state index contributed by atoms with van der Waals surface area (Å²) in [6, 6.07) is 3.48. The molecule has 1 aromatic rings. The first-order valence-electron chi connectivity index (χ1n) is 8.57. The second-order valence-electron chi connectivity index (χ2n) is 6.01. The second kappa shape index (κ2) is 9.05. The summed E-state index contributed by atoms with van der Waals surface area (Å²) in [5, 5.41) is 4.51. The Morgan fingerprint density at radius 2 is 2.04 bits per heavy atom. The van der Waals surface area contributed by atoms with Crippen LogP contribution in [0.3, 0.4) is 0 Å². The van der Waals surface area contributed by atoms with Gasteiger partial charge in [0.05, 0.1) is 36.7 Å². The number of nitrogens with two attached hydrogens (primary N) is 1. The summed E-state index contributed by atoms with van der Waals surface area (Å²) in [7, 11) is 0. The number of amides is 1. The molecule has 25 heavy (non-hydrogen) atoms. The molecule has 1 saturated heterocycles. The lowest BCUT2D eigenvalue weighted by molar-refractivity contribution is -0.643. The van der Waals surface area contributed by atoms with Gasteiger partial charge in [-0.2, -0.15) is 13.2 Å². The summed E-state index contributed by atoms with van der Waals surface area (Å²) in [6.07, 6.45) is -2.42. The number of morpholine rings is 1. The molecule has 1 heterocycles. The van der Waals surface area contributed by atoms with Crippen LogP contribution in [-0.4, -0.2) is 45.3 Å². The molecular weight excluding hydrogens is 335 g/mol. The predicted molar refractivity (Wildman–Crippen MR) is 89.7 cm³/mol.